The van der Waals surface area contributed by atoms with Crippen LogP contribution < -0.4 is 5.32 Å². The second-order valence-corrected chi connectivity index (χ2v) is 1.92. The minimum absolute atomic E-state index is 0.126. The summed E-state index contributed by atoms with van der Waals surface area (Å²) in [6, 6.07) is 0. The fourth-order valence-electron chi connectivity index (χ4n) is 0.716. The van der Waals surface area contributed by atoms with Gasteiger partial charge in [0.1, 0.15) is 0 Å². The number of Topliss-reactive ketones (excluding diaryl/α,β-unsaturated/α-hetero) is 1. The van der Waals surface area contributed by atoms with Crippen LogP contribution in [-0.4, -0.2) is 24.6 Å². The molecule has 1 saturated heterocycles. The molecule has 0 unspecified atom stereocenters. The molecule has 0 bridgehead atoms. The second-order valence-electron chi connectivity index (χ2n) is 1.92. The highest BCUT2D eigenvalue weighted by Crippen LogP contribution is 1.89. The average molecular weight is 112 g/mol. The van der Waals surface area contributed by atoms with Gasteiger partial charge in [0.15, 0.2) is 5.78 Å². The minimum Gasteiger partial charge on any atom is -0.308 e. The van der Waals surface area contributed by atoms with Crippen LogP contribution in [0.15, 0.2) is 0 Å². The Labute approximate surface area is 47.6 Å². The van der Waals surface area contributed by atoms with E-state index in [2.05, 4.69) is 5.32 Å². The van der Waals surface area contributed by atoms with Gasteiger partial charge in [-0.15, -0.1) is 0 Å². The van der Waals surface area contributed by atoms with E-state index in [-0.39, 0.29) is 5.78 Å². The monoisotopic (exact) mass is 112 g/mol. The average Bonchev–Trinajstić information content (AvgIpc) is 1.64. The van der Waals surface area contributed by atoms with Crippen LogP contribution >= 0.6 is 0 Å². The highest BCUT2D eigenvalue weighted by Gasteiger charge is 2.10. The first kappa shape index (κ1) is 5.44. The van der Waals surface area contributed by atoms with Crippen LogP contribution in [0, 0.1) is 5.41 Å². The smallest absolute Gasteiger partial charge is 0.152 e. The van der Waals surface area contributed by atoms with Crippen molar-refractivity contribution >= 4 is 11.5 Å². The fourth-order valence-corrected chi connectivity index (χ4v) is 0.716. The van der Waals surface area contributed by atoms with Crippen molar-refractivity contribution < 1.29 is 4.79 Å². The maximum atomic E-state index is 10.5. The van der Waals surface area contributed by atoms with Crippen molar-refractivity contribution in [1.82, 2.24) is 5.32 Å². The van der Waals surface area contributed by atoms with Gasteiger partial charge in [0.05, 0.1) is 6.54 Å². The van der Waals surface area contributed by atoms with Gasteiger partial charge in [-0.3, -0.25) is 4.79 Å². The van der Waals surface area contributed by atoms with Crippen LogP contribution in [-0.2, 0) is 4.79 Å². The summed E-state index contributed by atoms with van der Waals surface area (Å²) in [4.78, 5) is 10.5. The molecule has 0 aromatic carbocycles. The van der Waals surface area contributed by atoms with Gasteiger partial charge in [-0.1, -0.05) is 0 Å². The fraction of sp³-hybridized carbons (Fsp3) is 0.600. The number of carbonyl (C=O) groups excluding carboxylic acids is 1. The lowest BCUT2D eigenvalue weighted by Crippen LogP contribution is -2.36. The van der Waals surface area contributed by atoms with Crippen LogP contribution in [0.5, 0.6) is 0 Å². The maximum Gasteiger partial charge on any atom is 0.152 e. The van der Waals surface area contributed by atoms with E-state index in [4.69, 9.17) is 5.41 Å². The number of nitrogens with one attached hydrogen (secondary N) is 2. The van der Waals surface area contributed by atoms with Gasteiger partial charge in [-0.2, -0.15) is 0 Å². The Morgan fingerprint density at radius 2 is 2.25 bits per heavy atom. The third-order valence-electron chi connectivity index (χ3n) is 1.07. The Bertz CT molecular complexity index is 116. The summed E-state index contributed by atoms with van der Waals surface area (Å²) in [6.45, 7) is 1.04. The predicted octanol–water partition coefficient (Wildman–Crippen LogP) is -0.431. The number of carbonyl (C=O) groups is 1. The Balaban J connectivity index is 2.45. The summed E-state index contributed by atoms with van der Waals surface area (Å²) in [5, 5.41) is 9.85. The second kappa shape index (κ2) is 2.05. The summed E-state index contributed by atoms with van der Waals surface area (Å²) in [7, 11) is 0. The first-order valence-electron chi connectivity index (χ1n) is 2.58. The van der Waals surface area contributed by atoms with Crippen molar-refractivity contribution in [2.75, 3.05) is 13.1 Å². The zero-order valence-corrected chi connectivity index (χ0v) is 4.53. The molecule has 2 N–H and O–H groups in total. The van der Waals surface area contributed by atoms with E-state index in [0.29, 0.717) is 25.2 Å². The Kier molecular flexibility index (Phi) is 1.39. The first-order chi connectivity index (χ1) is 3.79. The van der Waals surface area contributed by atoms with E-state index in [0.717, 1.165) is 0 Å². The van der Waals surface area contributed by atoms with Gasteiger partial charge in [0, 0.05) is 18.7 Å². The molecule has 44 valence electrons. The largest absolute Gasteiger partial charge is 0.308 e. The molecule has 0 aromatic heterocycles. The van der Waals surface area contributed by atoms with Crippen LogP contribution in [0.1, 0.15) is 6.42 Å². The zero-order chi connectivity index (χ0) is 5.98. The third-order valence-corrected chi connectivity index (χ3v) is 1.07. The zero-order valence-electron chi connectivity index (χ0n) is 4.53. The standard InChI is InChI=1S/C5H8N2O/c6-4-1-5(8)3-7-2-4/h6-7H,1-3H2. The van der Waals surface area contributed by atoms with Crippen molar-refractivity contribution in [3.63, 3.8) is 0 Å². The van der Waals surface area contributed by atoms with E-state index in [1.54, 1.807) is 0 Å². The molecule has 1 heterocycles. The predicted molar refractivity (Wildman–Crippen MR) is 30.2 cm³/mol. The van der Waals surface area contributed by atoms with Crippen LogP contribution in [0.4, 0.5) is 0 Å². The van der Waals surface area contributed by atoms with Gasteiger partial charge in [-0.05, 0) is 0 Å². The van der Waals surface area contributed by atoms with Gasteiger partial charge >= 0.3 is 0 Å². The van der Waals surface area contributed by atoms with Crippen molar-refractivity contribution in [3.8, 4) is 0 Å². The molecular formula is C5H8N2O. The Morgan fingerprint density at radius 1 is 1.50 bits per heavy atom. The number of ketones is 1. The van der Waals surface area contributed by atoms with Gasteiger partial charge < -0.3 is 10.7 Å². The molecule has 3 nitrogen and oxygen atoms in total. The van der Waals surface area contributed by atoms with Crippen molar-refractivity contribution in [2.45, 2.75) is 6.42 Å². The minimum atomic E-state index is 0.126. The molecule has 1 fully saturated rings. The first-order valence-corrected chi connectivity index (χ1v) is 2.58. The molecular weight excluding hydrogens is 104 g/mol. The van der Waals surface area contributed by atoms with Crippen LogP contribution in [0.3, 0.4) is 0 Å². The molecule has 0 atom stereocenters. The van der Waals surface area contributed by atoms with Crippen molar-refractivity contribution in [2.24, 2.45) is 0 Å². The third kappa shape index (κ3) is 1.13. The molecule has 0 aromatic rings. The summed E-state index contributed by atoms with van der Waals surface area (Å²) in [5.74, 6) is 0.126. The number of hydrogen-bond acceptors (Lipinski definition) is 3. The highest BCUT2D eigenvalue weighted by molar-refractivity contribution is 6.04. The SMILES string of the molecule is N=C1CNCC(=O)C1. The number of hydrogen-bond donors (Lipinski definition) is 2. The topological polar surface area (TPSA) is 53.0 Å². The molecule has 0 saturated carbocycles. The quantitative estimate of drug-likeness (QED) is 0.446. The van der Waals surface area contributed by atoms with E-state index >= 15 is 0 Å². The Morgan fingerprint density at radius 3 is 2.62 bits per heavy atom. The lowest BCUT2D eigenvalue weighted by molar-refractivity contribution is -0.117. The molecule has 0 amide bonds. The molecule has 0 aliphatic carbocycles. The molecule has 1 aliphatic heterocycles. The molecule has 3 heteroatoms. The lowest BCUT2D eigenvalue weighted by atomic mass is 10.1. The van der Waals surface area contributed by atoms with E-state index in [1.807, 2.05) is 0 Å². The van der Waals surface area contributed by atoms with Crippen molar-refractivity contribution in [1.29, 1.82) is 5.41 Å². The number of piperidine rings is 1. The van der Waals surface area contributed by atoms with Gasteiger partial charge in [0.2, 0.25) is 0 Å². The summed E-state index contributed by atoms with van der Waals surface area (Å²) < 4.78 is 0. The van der Waals surface area contributed by atoms with E-state index in [1.165, 1.54) is 0 Å². The molecule has 0 radical (unpaired) electrons. The Hall–Kier alpha value is -0.700. The normalized spacial score (nSPS) is 21.5. The number of rotatable bonds is 0. The lowest BCUT2D eigenvalue weighted by Gasteiger charge is -2.10. The molecule has 0 spiro atoms. The van der Waals surface area contributed by atoms with E-state index in [9.17, 15) is 4.79 Å². The van der Waals surface area contributed by atoms with Gasteiger partial charge in [-0.25, -0.2) is 0 Å². The van der Waals surface area contributed by atoms with Crippen molar-refractivity contribution in [3.05, 3.63) is 0 Å². The highest BCUT2D eigenvalue weighted by atomic mass is 16.1. The maximum absolute atomic E-state index is 10.5. The van der Waals surface area contributed by atoms with Crippen LogP contribution in [0.2, 0.25) is 0 Å². The summed E-state index contributed by atoms with van der Waals surface area (Å²) >= 11 is 0. The van der Waals surface area contributed by atoms with Crippen LogP contribution in [0.25, 0.3) is 0 Å². The molecule has 1 aliphatic rings. The molecule has 1 rings (SSSR count). The van der Waals surface area contributed by atoms with E-state index < -0.39 is 0 Å². The van der Waals surface area contributed by atoms with Gasteiger partial charge in [0.25, 0.3) is 0 Å². The summed E-state index contributed by atoms with van der Waals surface area (Å²) in [5.41, 5.74) is 0.501. The summed E-state index contributed by atoms with van der Waals surface area (Å²) in [6.07, 6.45) is 0.354. The molecule has 8 heavy (non-hydrogen) atoms.